The maximum atomic E-state index is 13.1. The number of hydrogen-bond acceptors (Lipinski definition) is 6. The predicted octanol–water partition coefficient (Wildman–Crippen LogP) is 5.05. The van der Waals surface area contributed by atoms with Crippen molar-refractivity contribution in [2.75, 3.05) is 36.5 Å². The lowest BCUT2D eigenvalue weighted by atomic mass is 9.75. The van der Waals surface area contributed by atoms with Gasteiger partial charge in [-0.2, -0.15) is 0 Å². The number of nitrogens with one attached hydrogen (secondary N) is 1. The molecular formula is C26H27N3O3S. The van der Waals surface area contributed by atoms with Crippen LogP contribution in [0.4, 0.5) is 10.7 Å². The average Bonchev–Trinajstić information content (AvgIpc) is 3.19. The van der Waals surface area contributed by atoms with Crippen molar-refractivity contribution in [3.05, 3.63) is 64.8 Å². The van der Waals surface area contributed by atoms with Crippen molar-refractivity contribution in [1.29, 1.82) is 0 Å². The number of pyridine rings is 1. The molecule has 1 aromatic carbocycles. The second-order valence-corrected chi connectivity index (χ2v) is 10.4. The van der Waals surface area contributed by atoms with Crippen LogP contribution in [0.3, 0.4) is 0 Å². The van der Waals surface area contributed by atoms with E-state index in [4.69, 9.17) is 4.74 Å². The first-order valence-electron chi connectivity index (χ1n) is 11.2. The lowest BCUT2D eigenvalue weighted by molar-refractivity contribution is 0.0917. The molecule has 2 aromatic heterocycles. The fourth-order valence-corrected chi connectivity index (χ4v) is 5.98. The van der Waals surface area contributed by atoms with E-state index in [9.17, 15) is 9.59 Å². The normalized spacial score (nSPS) is 17.5. The second kappa shape index (κ2) is 8.72. The molecule has 0 unspecified atom stereocenters. The van der Waals surface area contributed by atoms with E-state index in [1.807, 2.05) is 18.2 Å². The highest BCUT2D eigenvalue weighted by molar-refractivity contribution is 7.19. The summed E-state index contributed by atoms with van der Waals surface area (Å²) in [5, 5.41) is 4.13. The Morgan fingerprint density at radius 1 is 1.12 bits per heavy atom. The number of nitrogens with zero attached hydrogens (tertiary/aromatic N) is 2. The van der Waals surface area contributed by atoms with Crippen molar-refractivity contribution >= 4 is 33.7 Å². The Kier molecular flexibility index (Phi) is 5.76. The first kappa shape index (κ1) is 21.8. The van der Waals surface area contributed by atoms with Gasteiger partial charge in [0.2, 0.25) is 0 Å². The van der Waals surface area contributed by atoms with Crippen LogP contribution in [0, 0.1) is 5.41 Å². The lowest BCUT2D eigenvalue weighted by Crippen LogP contribution is -2.36. The minimum absolute atomic E-state index is 0.0741. The number of thiophene rings is 1. The van der Waals surface area contributed by atoms with Crippen molar-refractivity contribution in [2.24, 2.45) is 5.41 Å². The van der Waals surface area contributed by atoms with Crippen LogP contribution in [0.1, 0.15) is 45.9 Å². The molecule has 0 bridgehead atoms. The first-order valence-corrected chi connectivity index (χ1v) is 12.1. The average molecular weight is 462 g/mol. The van der Waals surface area contributed by atoms with Crippen LogP contribution in [0.25, 0.3) is 11.1 Å². The number of hydrogen-bond donors (Lipinski definition) is 1. The number of ether oxygens (including phenoxy) is 1. The van der Waals surface area contributed by atoms with Crippen LogP contribution in [0.5, 0.6) is 0 Å². The summed E-state index contributed by atoms with van der Waals surface area (Å²) in [5.41, 5.74) is 4.49. The van der Waals surface area contributed by atoms with Crippen LogP contribution in [0.2, 0.25) is 0 Å². The number of fused-ring (bicyclic) bond motifs is 1. The Hall–Kier alpha value is -3.03. The Morgan fingerprint density at radius 3 is 2.64 bits per heavy atom. The molecule has 0 saturated carbocycles. The van der Waals surface area contributed by atoms with Gasteiger partial charge in [0.15, 0.2) is 5.78 Å². The minimum Gasteiger partial charge on any atom is -0.378 e. The number of ketones is 1. The van der Waals surface area contributed by atoms with Crippen molar-refractivity contribution < 1.29 is 14.3 Å². The molecule has 6 nitrogen and oxygen atoms in total. The molecule has 0 spiro atoms. The Balaban J connectivity index is 1.56. The number of aromatic nitrogens is 1. The molecule has 7 heteroatoms. The van der Waals surface area contributed by atoms with Crippen LogP contribution in [-0.4, -0.2) is 43.0 Å². The molecule has 1 amide bonds. The van der Waals surface area contributed by atoms with E-state index < -0.39 is 0 Å². The largest absolute Gasteiger partial charge is 0.378 e. The summed E-state index contributed by atoms with van der Waals surface area (Å²) >= 11 is 1.62. The number of benzene rings is 1. The maximum absolute atomic E-state index is 13.1. The zero-order valence-corrected chi connectivity index (χ0v) is 19.7. The standard InChI is InChI=1S/C26H27N3O3S/c1-26(2)15-20-22(25(29-10-12-32-13-11-29)33-23(20)21(30)16-26)18-4-3-5-19(14-18)28-24(31)17-6-8-27-9-7-17/h3-9,14H,10-13,15-16H2,1-2H3,(H,28,31). The topological polar surface area (TPSA) is 71.5 Å². The van der Waals surface area contributed by atoms with E-state index in [0.29, 0.717) is 25.2 Å². The molecule has 1 fully saturated rings. The molecule has 0 atom stereocenters. The number of amides is 1. The second-order valence-electron chi connectivity index (χ2n) is 9.40. The number of morpholine rings is 1. The van der Waals surface area contributed by atoms with Gasteiger partial charge in [0, 0.05) is 48.7 Å². The summed E-state index contributed by atoms with van der Waals surface area (Å²) in [6.07, 6.45) is 4.65. The molecule has 1 N–H and O–H groups in total. The van der Waals surface area contributed by atoms with E-state index >= 15 is 0 Å². The van der Waals surface area contributed by atoms with Gasteiger partial charge in [0.05, 0.1) is 23.1 Å². The molecule has 33 heavy (non-hydrogen) atoms. The monoisotopic (exact) mass is 461 g/mol. The SMILES string of the molecule is CC1(C)CC(=O)c2sc(N3CCOCC3)c(-c3cccc(NC(=O)c4ccncc4)c3)c2C1. The fraction of sp³-hybridized carbons (Fsp3) is 0.346. The summed E-state index contributed by atoms with van der Waals surface area (Å²) in [7, 11) is 0. The molecule has 3 heterocycles. The van der Waals surface area contributed by atoms with Crippen molar-refractivity contribution in [3.8, 4) is 11.1 Å². The summed E-state index contributed by atoms with van der Waals surface area (Å²) < 4.78 is 5.57. The molecule has 2 aliphatic rings. The third kappa shape index (κ3) is 4.43. The van der Waals surface area contributed by atoms with Gasteiger partial charge in [0.1, 0.15) is 0 Å². The Labute approximate surface area is 197 Å². The molecule has 170 valence electrons. The van der Waals surface area contributed by atoms with Gasteiger partial charge in [-0.05, 0) is 47.2 Å². The van der Waals surface area contributed by atoms with Crippen molar-refractivity contribution in [3.63, 3.8) is 0 Å². The van der Waals surface area contributed by atoms with Gasteiger partial charge in [-0.3, -0.25) is 14.6 Å². The first-order chi connectivity index (χ1) is 15.9. The van der Waals surface area contributed by atoms with Crippen molar-refractivity contribution in [2.45, 2.75) is 26.7 Å². The molecule has 1 aliphatic heterocycles. The number of carbonyl (C=O) groups excluding carboxylic acids is 2. The molecule has 5 rings (SSSR count). The summed E-state index contributed by atoms with van der Waals surface area (Å²) in [5.74, 6) is 0.0563. The molecule has 0 radical (unpaired) electrons. The van der Waals surface area contributed by atoms with Crippen LogP contribution in [-0.2, 0) is 11.2 Å². The minimum atomic E-state index is -0.174. The smallest absolute Gasteiger partial charge is 0.255 e. The van der Waals surface area contributed by atoms with Gasteiger partial charge in [-0.25, -0.2) is 0 Å². The lowest BCUT2D eigenvalue weighted by Gasteiger charge is -2.30. The highest BCUT2D eigenvalue weighted by atomic mass is 32.1. The Bertz CT molecular complexity index is 1200. The third-order valence-electron chi connectivity index (χ3n) is 6.19. The number of Topliss-reactive ketones (excluding diaryl/α,β-unsaturated/α-hetero) is 1. The predicted molar refractivity (Wildman–Crippen MR) is 131 cm³/mol. The highest BCUT2D eigenvalue weighted by Gasteiger charge is 2.37. The third-order valence-corrected chi connectivity index (χ3v) is 7.52. The van der Waals surface area contributed by atoms with Gasteiger partial charge >= 0.3 is 0 Å². The van der Waals surface area contributed by atoms with E-state index in [2.05, 4.69) is 35.1 Å². The Morgan fingerprint density at radius 2 is 1.88 bits per heavy atom. The van der Waals surface area contributed by atoms with E-state index in [1.54, 1.807) is 35.9 Å². The van der Waals surface area contributed by atoms with E-state index in [-0.39, 0.29) is 17.1 Å². The molecule has 1 aliphatic carbocycles. The van der Waals surface area contributed by atoms with Gasteiger partial charge in [0.25, 0.3) is 5.91 Å². The number of carbonyl (C=O) groups is 2. The zero-order valence-electron chi connectivity index (χ0n) is 18.9. The number of anilines is 2. The van der Waals surface area contributed by atoms with E-state index in [1.165, 1.54) is 0 Å². The summed E-state index contributed by atoms with van der Waals surface area (Å²) in [6.45, 7) is 7.31. The highest BCUT2D eigenvalue weighted by Crippen LogP contribution is 2.49. The summed E-state index contributed by atoms with van der Waals surface area (Å²) in [6, 6.07) is 11.3. The van der Waals surface area contributed by atoms with Crippen LogP contribution in [0.15, 0.2) is 48.8 Å². The molecule has 3 aromatic rings. The van der Waals surface area contributed by atoms with Gasteiger partial charge < -0.3 is 15.0 Å². The quantitative estimate of drug-likeness (QED) is 0.588. The molecule has 1 saturated heterocycles. The van der Waals surface area contributed by atoms with Crippen LogP contribution < -0.4 is 10.2 Å². The van der Waals surface area contributed by atoms with Crippen molar-refractivity contribution in [1.82, 2.24) is 4.98 Å². The van der Waals surface area contributed by atoms with Gasteiger partial charge in [-0.15, -0.1) is 11.3 Å². The zero-order chi connectivity index (χ0) is 23.0. The number of rotatable bonds is 4. The summed E-state index contributed by atoms with van der Waals surface area (Å²) in [4.78, 5) is 32.9. The van der Waals surface area contributed by atoms with Crippen LogP contribution >= 0.6 is 11.3 Å². The fourth-order valence-electron chi connectivity index (χ4n) is 4.65. The van der Waals surface area contributed by atoms with Gasteiger partial charge in [-0.1, -0.05) is 26.0 Å². The maximum Gasteiger partial charge on any atom is 0.255 e. The molecular weight excluding hydrogens is 434 g/mol. The van der Waals surface area contributed by atoms with E-state index in [0.717, 1.165) is 51.8 Å².